The van der Waals surface area contributed by atoms with Gasteiger partial charge < -0.3 is 10.2 Å². The normalized spacial score (nSPS) is 11.7. The average molecular weight is 316 g/mol. The lowest BCUT2D eigenvalue weighted by molar-refractivity contribution is 0.450. The van der Waals surface area contributed by atoms with E-state index in [1.54, 1.807) is 12.1 Å². The zero-order valence-corrected chi connectivity index (χ0v) is 14.5. The Morgan fingerprint density at radius 1 is 0.739 bits per heavy atom. The van der Waals surface area contributed by atoms with Gasteiger partial charge in [0.05, 0.1) is 0 Å². The largest absolute Gasteiger partial charge is 0.508 e. The zero-order chi connectivity index (χ0) is 16.8. The van der Waals surface area contributed by atoms with Gasteiger partial charge in [0, 0.05) is 6.07 Å². The van der Waals surface area contributed by atoms with Crippen LogP contribution in [0.1, 0.15) is 76.7 Å². The molecular weight excluding hydrogens is 284 g/mol. The van der Waals surface area contributed by atoms with E-state index in [0.717, 1.165) is 12.0 Å². The first-order chi connectivity index (χ1) is 11.2. The van der Waals surface area contributed by atoms with E-state index in [-0.39, 0.29) is 11.5 Å². The standard InChI is InChI=1S/C21H32O2/c1-2-3-4-5-6-7-8-9-10-11-12-13-14-15-19-16-20(22)18-21(23)17-19/h12-18,22-23H,2-11H2,1H3. The molecule has 1 aromatic carbocycles. The van der Waals surface area contributed by atoms with E-state index in [4.69, 9.17) is 0 Å². The molecule has 0 aromatic heterocycles. The van der Waals surface area contributed by atoms with E-state index in [1.165, 1.54) is 63.9 Å². The van der Waals surface area contributed by atoms with E-state index in [9.17, 15) is 10.2 Å². The van der Waals surface area contributed by atoms with E-state index >= 15 is 0 Å². The van der Waals surface area contributed by atoms with Gasteiger partial charge in [0.1, 0.15) is 11.5 Å². The molecule has 0 saturated carbocycles. The van der Waals surface area contributed by atoms with Crippen LogP contribution in [0.15, 0.2) is 36.4 Å². The van der Waals surface area contributed by atoms with Crippen molar-refractivity contribution in [2.24, 2.45) is 0 Å². The number of hydrogen-bond donors (Lipinski definition) is 2. The third-order valence-corrected chi connectivity index (χ3v) is 3.94. The number of phenolic OH excluding ortho intramolecular Hbond substituents is 2. The van der Waals surface area contributed by atoms with Crippen LogP contribution in [0.2, 0.25) is 0 Å². The number of hydrogen-bond acceptors (Lipinski definition) is 2. The van der Waals surface area contributed by atoms with Crippen molar-refractivity contribution in [3.05, 3.63) is 42.0 Å². The number of phenols is 2. The fraction of sp³-hybridized carbons (Fsp3) is 0.524. The van der Waals surface area contributed by atoms with Crippen LogP contribution in [-0.4, -0.2) is 10.2 Å². The summed E-state index contributed by atoms with van der Waals surface area (Å²) in [4.78, 5) is 0. The smallest absolute Gasteiger partial charge is 0.119 e. The molecule has 0 aliphatic rings. The summed E-state index contributed by atoms with van der Waals surface area (Å²) in [6.45, 7) is 2.26. The molecule has 0 heterocycles. The number of unbranched alkanes of at least 4 members (excludes halogenated alkanes) is 9. The van der Waals surface area contributed by atoms with Gasteiger partial charge in [0.2, 0.25) is 0 Å². The highest BCUT2D eigenvalue weighted by molar-refractivity contribution is 5.55. The number of rotatable bonds is 12. The average Bonchev–Trinajstić information content (AvgIpc) is 2.51. The Hall–Kier alpha value is -1.70. The maximum atomic E-state index is 9.39. The molecular formula is C21H32O2. The lowest BCUT2D eigenvalue weighted by Crippen LogP contribution is -1.80. The summed E-state index contributed by atoms with van der Waals surface area (Å²) in [5.74, 6) is 0.173. The van der Waals surface area contributed by atoms with Crippen LogP contribution in [0.4, 0.5) is 0 Å². The van der Waals surface area contributed by atoms with Gasteiger partial charge in [0.15, 0.2) is 0 Å². The monoisotopic (exact) mass is 316 g/mol. The molecule has 0 atom stereocenters. The van der Waals surface area contributed by atoms with Crippen molar-refractivity contribution in [3.63, 3.8) is 0 Å². The van der Waals surface area contributed by atoms with Gasteiger partial charge in [-0.2, -0.15) is 0 Å². The van der Waals surface area contributed by atoms with Crippen LogP contribution < -0.4 is 0 Å². The highest BCUT2D eigenvalue weighted by Crippen LogP contribution is 2.21. The van der Waals surface area contributed by atoms with Crippen molar-refractivity contribution in [3.8, 4) is 11.5 Å². The summed E-state index contributed by atoms with van der Waals surface area (Å²) < 4.78 is 0. The van der Waals surface area contributed by atoms with Gasteiger partial charge in [-0.1, -0.05) is 82.6 Å². The third-order valence-electron chi connectivity index (χ3n) is 3.94. The topological polar surface area (TPSA) is 40.5 Å². The Labute approximate surface area is 141 Å². The maximum Gasteiger partial charge on any atom is 0.119 e. The van der Waals surface area contributed by atoms with Gasteiger partial charge >= 0.3 is 0 Å². The highest BCUT2D eigenvalue weighted by atomic mass is 16.3. The fourth-order valence-electron chi connectivity index (χ4n) is 2.63. The first kappa shape index (κ1) is 19.3. The molecule has 0 fully saturated rings. The van der Waals surface area contributed by atoms with Crippen molar-refractivity contribution >= 4 is 6.08 Å². The Kier molecular flexibility index (Phi) is 10.8. The quantitative estimate of drug-likeness (QED) is 0.337. The van der Waals surface area contributed by atoms with Crippen LogP contribution in [0.3, 0.4) is 0 Å². The molecule has 0 bridgehead atoms. The molecule has 0 unspecified atom stereocenters. The molecule has 2 nitrogen and oxygen atoms in total. The second kappa shape index (κ2) is 12.8. The lowest BCUT2D eigenvalue weighted by atomic mass is 10.1. The number of allylic oxidation sites excluding steroid dienone is 3. The molecule has 0 amide bonds. The summed E-state index contributed by atoms with van der Waals surface area (Å²) in [6, 6.07) is 4.59. The summed E-state index contributed by atoms with van der Waals surface area (Å²) >= 11 is 0. The zero-order valence-electron chi connectivity index (χ0n) is 14.5. The highest BCUT2D eigenvalue weighted by Gasteiger charge is 1.94. The Bertz CT molecular complexity index is 454. The predicted octanol–water partition coefficient (Wildman–Crippen LogP) is 6.59. The van der Waals surface area contributed by atoms with E-state index in [2.05, 4.69) is 13.0 Å². The van der Waals surface area contributed by atoms with Crippen LogP contribution >= 0.6 is 0 Å². The molecule has 1 rings (SSSR count). The van der Waals surface area contributed by atoms with Gasteiger partial charge in [-0.15, -0.1) is 0 Å². The minimum absolute atomic E-state index is 0.0864. The molecule has 0 radical (unpaired) electrons. The molecule has 0 aliphatic carbocycles. The molecule has 1 aromatic rings. The number of aromatic hydroxyl groups is 2. The van der Waals surface area contributed by atoms with Crippen molar-refractivity contribution in [1.82, 2.24) is 0 Å². The van der Waals surface area contributed by atoms with E-state index in [1.807, 2.05) is 18.2 Å². The second-order valence-electron chi connectivity index (χ2n) is 6.19. The van der Waals surface area contributed by atoms with E-state index in [0.29, 0.717) is 0 Å². The Balaban J connectivity index is 2.03. The van der Waals surface area contributed by atoms with Gasteiger partial charge in [-0.3, -0.25) is 0 Å². The third kappa shape index (κ3) is 10.6. The Morgan fingerprint density at radius 3 is 1.91 bits per heavy atom. The molecule has 2 N–H and O–H groups in total. The van der Waals surface area contributed by atoms with E-state index < -0.39 is 0 Å². The second-order valence-corrected chi connectivity index (χ2v) is 6.19. The summed E-state index contributed by atoms with van der Waals surface area (Å²) in [7, 11) is 0. The minimum Gasteiger partial charge on any atom is -0.508 e. The first-order valence-electron chi connectivity index (χ1n) is 9.08. The SMILES string of the molecule is CCCCCCCCCCCC=CC=Cc1cc(O)cc(O)c1. The molecule has 0 saturated heterocycles. The lowest BCUT2D eigenvalue weighted by Gasteiger charge is -2.00. The summed E-state index contributed by atoms with van der Waals surface area (Å²) in [5, 5.41) is 18.8. The van der Waals surface area contributed by atoms with Crippen molar-refractivity contribution in [2.75, 3.05) is 0 Å². The van der Waals surface area contributed by atoms with Crippen molar-refractivity contribution in [2.45, 2.75) is 71.1 Å². The molecule has 23 heavy (non-hydrogen) atoms. The first-order valence-corrected chi connectivity index (χ1v) is 9.08. The number of benzene rings is 1. The van der Waals surface area contributed by atoms with Crippen LogP contribution in [0.5, 0.6) is 11.5 Å². The summed E-state index contributed by atoms with van der Waals surface area (Å²) in [6.07, 6.45) is 21.4. The Morgan fingerprint density at radius 2 is 1.30 bits per heavy atom. The van der Waals surface area contributed by atoms with Crippen molar-refractivity contribution < 1.29 is 10.2 Å². The molecule has 0 spiro atoms. The summed E-state index contributed by atoms with van der Waals surface area (Å²) in [5.41, 5.74) is 0.801. The van der Waals surface area contributed by atoms with Crippen LogP contribution in [-0.2, 0) is 0 Å². The van der Waals surface area contributed by atoms with Crippen molar-refractivity contribution in [1.29, 1.82) is 0 Å². The van der Waals surface area contributed by atoms with Crippen LogP contribution in [0, 0.1) is 0 Å². The van der Waals surface area contributed by atoms with Gasteiger partial charge in [-0.25, -0.2) is 0 Å². The maximum absolute atomic E-state index is 9.39. The van der Waals surface area contributed by atoms with Crippen LogP contribution in [0.25, 0.3) is 6.08 Å². The van der Waals surface area contributed by atoms with Gasteiger partial charge in [0.25, 0.3) is 0 Å². The predicted molar refractivity (Wildman–Crippen MR) is 99.8 cm³/mol. The molecule has 0 aliphatic heterocycles. The minimum atomic E-state index is 0.0864. The molecule has 128 valence electrons. The van der Waals surface area contributed by atoms with Gasteiger partial charge in [-0.05, 0) is 30.5 Å². The molecule has 2 heteroatoms. The fourth-order valence-corrected chi connectivity index (χ4v) is 2.63.